The number of aromatic nitrogens is 4. The fraction of sp³-hybridized carbons (Fsp3) is 0.0556. The van der Waals surface area contributed by atoms with E-state index >= 15 is 0 Å². The van der Waals surface area contributed by atoms with E-state index in [2.05, 4.69) is 31.0 Å². The minimum absolute atomic E-state index is 0.0732. The summed E-state index contributed by atoms with van der Waals surface area (Å²) < 4.78 is 15.7. The lowest BCUT2D eigenvalue weighted by molar-refractivity contribution is -0.113. The van der Waals surface area contributed by atoms with Gasteiger partial charge in [-0.2, -0.15) is 5.10 Å². The number of nitrogen functional groups attached to an aromatic ring is 1. The Bertz CT molecular complexity index is 1190. The van der Waals surface area contributed by atoms with Crippen molar-refractivity contribution in [2.45, 2.75) is 5.16 Å². The highest BCUT2D eigenvalue weighted by Gasteiger charge is 2.13. The highest BCUT2D eigenvalue weighted by Crippen LogP contribution is 2.25. The number of nitrogens with one attached hydrogen (secondary N) is 2. The van der Waals surface area contributed by atoms with Crippen LogP contribution in [0.25, 0.3) is 10.2 Å². The third-order valence-electron chi connectivity index (χ3n) is 3.81. The first kappa shape index (κ1) is 19.8. The second kappa shape index (κ2) is 8.88. The molecule has 30 heavy (non-hydrogen) atoms. The Kier molecular flexibility index (Phi) is 5.86. The molecule has 0 aliphatic rings. The van der Waals surface area contributed by atoms with Crippen LogP contribution < -0.4 is 16.6 Å². The van der Waals surface area contributed by atoms with Gasteiger partial charge in [-0.3, -0.25) is 4.79 Å². The number of benzene rings is 2. The molecule has 4 N–H and O–H groups in total. The van der Waals surface area contributed by atoms with Crippen LogP contribution in [0.2, 0.25) is 0 Å². The first-order valence-corrected chi connectivity index (χ1v) is 10.4. The molecule has 0 aliphatic heterocycles. The SMILES string of the molecule is Nn1c(N/N=C/c2ccccc2F)nnc1SCC(=O)Nc1nc2ccccc2s1. The number of hydrogen-bond acceptors (Lipinski definition) is 9. The topological polar surface area (TPSA) is 123 Å². The average molecular weight is 443 g/mol. The number of nitrogens with zero attached hydrogens (tertiary/aromatic N) is 5. The van der Waals surface area contributed by atoms with Gasteiger partial charge >= 0.3 is 0 Å². The van der Waals surface area contributed by atoms with Gasteiger partial charge in [0.05, 0.1) is 22.2 Å². The number of fused-ring (bicyclic) bond motifs is 1. The standard InChI is InChI=1S/C18H15FN8OS2/c19-12-6-2-1-5-11(12)9-21-24-16-25-26-18(27(16)20)29-10-15(28)23-17-22-13-7-3-4-8-14(13)30-17/h1-9H,10,20H2,(H,24,25)(H,22,23,28)/b21-9+. The molecule has 0 aliphatic carbocycles. The zero-order valence-corrected chi connectivity index (χ0v) is 17.0. The van der Waals surface area contributed by atoms with Crippen LogP contribution in [0.15, 0.2) is 58.8 Å². The second-order valence-electron chi connectivity index (χ2n) is 5.89. The van der Waals surface area contributed by atoms with Gasteiger partial charge in [0.2, 0.25) is 11.1 Å². The van der Waals surface area contributed by atoms with Gasteiger partial charge in [-0.15, -0.1) is 10.2 Å². The number of carbonyl (C=O) groups excluding carboxylic acids is 1. The third-order valence-corrected chi connectivity index (χ3v) is 5.71. The first-order valence-electron chi connectivity index (χ1n) is 8.62. The molecule has 0 radical (unpaired) electrons. The van der Waals surface area contributed by atoms with Crippen LogP contribution >= 0.6 is 23.1 Å². The number of hydrazone groups is 1. The number of anilines is 2. The molecule has 1 amide bonds. The maximum absolute atomic E-state index is 13.6. The molecule has 0 saturated heterocycles. The second-order valence-corrected chi connectivity index (χ2v) is 7.86. The normalized spacial score (nSPS) is 11.2. The molecule has 0 saturated carbocycles. The summed E-state index contributed by atoms with van der Waals surface area (Å²) in [6.07, 6.45) is 1.31. The van der Waals surface area contributed by atoms with Crippen LogP contribution in [-0.4, -0.2) is 37.7 Å². The van der Waals surface area contributed by atoms with Crippen LogP contribution in [0, 0.1) is 5.82 Å². The first-order chi connectivity index (χ1) is 14.6. The lowest BCUT2D eigenvalue weighted by Crippen LogP contribution is -2.16. The van der Waals surface area contributed by atoms with Gasteiger partial charge in [-0.05, 0) is 18.2 Å². The average Bonchev–Trinajstić information content (AvgIpc) is 3.30. The number of thioether (sulfide) groups is 1. The van der Waals surface area contributed by atoms with Gasteiger partial charge in [0.25, 0.3) is 5.95 Å². The predicted molar refractivity (Wildman–Crippen MR) is 117 cm³/mol. The van der Waals surface area contributed by atoms with Crippen LogP contribution in [0.4, 0.5) is 15.5 Å². The number of rotatable bonds is 7. The summed E-state index contributed by atoms with van der Waals surface area (Å²) in [7, 11) is 0. The van der Waals surface area contributed by atoms with Crippen molar-refractivity contribution in [1.29, 1.82) is 0 Å². The van der Waals surface area contributed by atoms with Crippen LogP contribution in [0.1, 0.15) is 5.56 Å². The Morgan fingerprint density at radius 1 is 1.23 bits per heavy atom. The minimum atomic E-state index is -0.396. The minimum Gasteiger partial charge on any atom is -0.334 e. The van der Waals surface area contributed by atoms with Gasteiger partial charge < -0.3 is 11.2 Å². The van der Waals surface area contributed by atoms with Crippen molar-refractivity contribution in [3.8, 4) is 0 Å². The summed E-state index contributed by atoms with van der Waals surface area (Å²) in [5.41, 5.74) is 3.74. The Morgan fingerprint density at radius 3 is 2.87 bits per heavy atom. The number of nitrogens with two attached hydrogens (primary N) is 1. The van der Waals surface area contributed by atoms with Crippen molar-refractivity contribution in [3.05, 3.63) is 59.9 Å². The van der Waals surface area contributed by atoms with Gasteiger partial charge in [0.15, 0.2) is 5.13 Å². The summed E-state index contributed by atoms with van der Waals surface area (Å²) in [5.74, 6) is 5.51. The highest BCUT2D eigenvalue weighted by atomic mass is 32.2. The molecule has 152 valence electrons. The van der Waals surface area contributed by atoms with Crippen LogP contribution in [-0.2, 0) is 4.79 Å². The maximum atomic E-state index is 13.6. The molecular formula is C18H15FN8OS2. The summed E-state index contributed by atoms with van der Waals surface area (Å²) >= 11 is 2.51. The number of thiazole rings is 1. The number of para-hydroxylation sites is 1. The van der Waals surface area contributed by atoms with Crippen molar-refractivity contribution in [2.75, 3.05) is 22.3 Å². The Balaban J connectivity index is 1.32. The van der Waals surface area contributed by atoms with E-state index in [1.807, 2.05) is 24.3 Å². The maximum Gasteiger partial charge on any atom is 0.264 e. The lowest BCUT2D eigenvalue weighted by atomic mass is 10.2. The quantitative estimate of drug-likeness (QED) is 0.174. The largest absolute Gasteiger partial charge is 0.334 e. The lowest BCUT2D eigenvalue weighted by Gasteiger charge is -2.03. The number of carbonyl (C=O) groups is 1. The fourth-order valence-electron chi connectivity index (χ4n) is 2.40. The summed E-state index contributed by atoms with van der Waals surface area (Å²) in [6.45, 7) is 0. The summed E-state index contributed by atoms with van der Waals surface area (Å²) in [5, 5.41) is 15.3. The molecule has 4 aromatic rings. The molecule has 0 fully saturated rings. The van der Waals surface area contributed by atoms with Gasteiger partial charge in [0, 0.05) is 5.56 Å². The Labute approximate surface area is 178 Å². The van der Waals surface area contributed by atoms with E-state index in [0.29, 0.717) is 15.9 Å². The zero-order valence-electron chi connectivity index (χ0n) is 15.3. The summed E-state index contributed by atoms with van der Waals surface area (Å²) in [4.78, 5) is 16.6. The molecule has 2 heterocycles. The molecule has 0 bridgehead atoms. The molecular weight excluding hydrogens is 427 g/mol. The van der Waals surface area contributed by atoms with Gasteiger partial charge in [-0.25, -0.2) is 19.5 Å². The number of hydrogen-bond donors (Lipinski definition) is 3. The molecule has 0 unspecified atom stereocenters. The Morgan fingerprint density at radius 2 is 2.03 bits per heavy atom. The summed E-state index contributed by atoms with van der Waals surface area (Å²) in [6, 6.07) is 13.8. The highest BCUT2D eigenvalue weighted by molar-refractivity contribution is 7.99. The van der Waals surface area contributed by atoms with E-state index in [1.54, 1.807) is 18.2 Å². The Hall–Kier alpha value is -3.51. The molecule has 9 nitrogen and oxygen atoms in total. The van der Waals surface area contributed by atoms with Crippen molar-refractivity contribution in [1.82, 2.24) is 19.9 Å². The third kappa shape index (κ3) is 4.55. The molecule has 0 atom stereocenters. The number of amides is 1. The van der Waals surface area contributed by atoms with E-state index in [4.69, 9.17) is 5.84 Å². The van der Waals surface area contributed by atoms with Crippen molar-refractivity contribution < 1.29 is 9.18 Å². The fourth-order valence-corrected chi connectivity index (χ4v) is 3.94. The molecule has 4 rings (SSSR count). The smallest absolute Gasteiger partial charge is 0.264 e. The molecule has 2 aromatic carbocycles. The van der Waals surface area contributed by atoms with E-state index in [0.717, 1.165) is 26.7 Å². The van der Waals surface area contributed by atoms with Crippen molar-refractivity contribution in [2.24, 2.45) is 5.10 Å². The van der Waals surface area contributed by atoms with Crippen LogP contribution in [0.5, 0.6) is 0 Å². The van der Waals surface area contributed by atoms with Gasteiger partial charge in [-0.1, -0.05) is 53.4 Å². The van der Waals surface area contributed by atoms with Crippen molar-refractivity contribution in [3.63, 3.8) is 0 Å². The predicted octanol–water partition coefficient (Wildman–Crippen LogP) is 2.92. The van der Waals surface area contributed by atoms with E-state index in [9.17, 15) is 9.18 Å². The van der Waals surface area contributed by atoms with Gasteiger partial charge in [0.1, 0.15) is 5.82 Å². The molecule has 0 spiro atoms. The zero-order chi connectivity index (χ0) is 20.9. The van der Waals surface area contributed by atoms with E-state index in [1.165, 1.54) is 23.6 Å². The van der Waals surface area contributed by atoms with E-state index < -0.39 is 5.82 Å². The van der Waals surface area contributed by atoms with E-state index in [-0.39, 0.29) is 17.6 Å². The molecule has 12 heteroatoms. The van der Waals surface area contributed by atoms with Crippen molar-refractivity contribution >= 4 is 56.5 Å². The van der Waals surface area contributed by atoms with Crippen LogP contribution in [0.3, 0.4) is 0 Å². The monoisotopic (exact) mass is 442 g/mol. The number of halogens is 1. The molecule has 2 aromatic heterocycles.